The molecule has 0 unspecified atom stereocenters. The second kappa shape index (κ2) is 9.62. The Balaban J connectivity index is 1.40. The third-order valence-electron chi connectivity index (χ3n) is 7.32. The molecule has 2 heterocycles. The molecule has 6 heteroatoms. The number of hydrogen-bond acceptors (Lipinski definition) is 4. The molecular weight excluding hydrogens is 396 g/mol. The zero-order valence-corrected chi connectivity index (χ0v) is 18.5. The zero-order valence-electron chi connectivity index (χ0n) is 18.5. The van der Waals surface area contributed by atoms with Crippen molar-refractivity contribution >= 4 is 0 Å². The summed E-state index contributed by atoms with van der Waals surface area (Å²) >= 11 is 0. The fourth-order valence-corrected chi connectivity index (χ4v) is 5.64. The van der Waals surface area contributed by atoms with Crippen LogP contribution in [-0.2, 0) is 6.42 Å². The van der Waals surface area contributed by atoms with E-state index in [0.717, 1.165) is 49.7 Å². The fourth-order valence-electron chi connectivity index (χ4n) is 5.64. The number of nitrogens with one attached hydrogen (secondary N) is 1. The van der Waals surface area contributed by atoms with E-state index in [1.807, 2.05) is 18.2 Å². The summed E-state index contributed by atoms with van der Waals surface area (Å²) in [7, 11) is 0. The van der Waals surface area contributed by atoms with Crippen molar-refractivity contribution in [3.63, 3.8) is 0 Å². The van der Waals surface area contributed by atoms with Crippen molar-refractivity contribution in [1.29, 1.82) is 5.26 Å². The van der Waals surface area contributed by atoms with Crippen molar-refractivity contribution in [2.24, 2.45) is 5.92 Å². The average Bonchev–Trinajstić information content (AvgIpc) is 3.54. The molecular formula is C26H31N6+. The quantitative estimate of drug-likeness (QED) is 0.655. The first-order chi connectivity index (χ1) is 15.8. The minimum Gasteiger partial charge on any atom is -0.322 e. The van der Waals surface area contributed by atoms with Gasteiger partial charge < -0.3 is 4.90 Å². The van der Waals surface area contributed by atoms with E-state index >= 15 is 0 Å². The lowest BCUT2D eigenvalue weighted by Crippen LogP contribution is -3.13. The number of quaternary nitrogens is 1. The Morgan fingerprint density at radius 2 is 1.78 bits per heavy atom. The Morgan fingerprint density at radius 3 is 2.53 bits per heavy atom. The van der Waals surface area contributed by atoms with Crippen LogP contribution in [0.25, 0.3) is 0 Å². The molecule has 6 nitrogen and oxygen atoms in total. The summed E-state index contributed by atoms with van der Waals surface area (Å²) in [5, 5.41) is 22.6. The van der Waals surface area contributed by atoms with Gasteiger partial charge in [-0.3, -0.25) is 0 Å². The highest BCUT2D eigenvalue weighted by Crippen LogP contribution is 2.31. The molecule has 1 atom stereocenters. The SMILES string of the molecule is N#Cc1cccc([C@H](c2nnnn2C2CCCC2)[NH+]2CCC(Cc3ccccc3)CC2)c1. The first kappa shape index (κ1) is 20.8. The highest BCUT2D eigenvalue weighted by molar-refractivity contribution is 5.35. The minimum atomic E-state index is 0.0663. The highest BCUT2D eigenvalue weighted by Gasteiger charge is 2.36. The molecule has 2 fully saturated rings. The largest absolute Gasteiger partial charge is 0.322 e. The van der Waals surface area contributed by atoms with Crippen LogP contribution in [0.15, 0.2) is 54.6 Å². The molecule has 164 valence electrons. The molecule has 1 aliphatic carbocycles. The number of hydrogen-bond donors (Lipinski definition) is 1. The second-order valence-electron chi connectivity index (χ2n) is 9.38. The molecule has 1 aliphatic heterocycles. The van der Waals surface area contributed by atoms with Gasteiger partial charge in [-0.2, -0.15) is 5.26 Å². The Hall–Kier alpha value is -3.04. The maximum Gasteiger partial charge on any atom is 0.214 e. The predicted octanol–water partition coefficient (Wildman–Crippen LogP) is 3.29. The number of tetrazole rings is 1. The lowest BCUT2D eigenvalue weighted by molar-refractivity contribution is -0.932. The van der Waals surface area contributed by atoms with E-state index < -0.39 is 0 Å². The molecule has 5 rings (SSSR count). The van der Waals surface area contributed by atoms with Gasteiger partial charge in [-0.1, -0.05) is 55.3 Å². The highest BCUT2D eigenvalue weighted by atomic mass is 15.6. The zero-order chi connectivity index (χ0) is 21.8. The van der Waals surface area contributed by atoms with Crippen molar-refractivity contribution < 1.29 is 4.90 Å². The molecule has 1 saturated carbocycles. The number of aromatic nitrogens is 4. The topological polar surface area (TPSA) is 71.8 Å². The average molecular weight is 428 g/mol. The van der Waals surface area contributed by atoms with Crippen LogP contribution in [0.4, 0.5) is 0 Å². The van der Waals surface area contributed by atoms with Gasteiger partial charge in [-0.05, 0) is 66.1 Å². The molecule has 1 N–H and O–H groups in total. The number of rotatable bonds is 6. The van der Waals surface area contributed by atoms with Crippen molar-refractivity contribution in [2.75, 3.05) is 13.1 Å². The Kier molecular flexibility index (Phi) is 6.27. The van der Waals surface area contributed by atoms with E-state index in [4.69, 9.17) is 0 Å². The maximum absolute atomic E-state index is 9.48. The number of benzene rings is 2. The van der Waals surface area contributed by atoms with E-state index in [1.165, 1.54) is 36.1 Å². The second-order valence-corrected chi connectivity index (χ2v) is 9.38. The van der Waals surface area contributed by atoms with Gasteiger partial charge in [0, 0.05) is 5.56 Å². The first-order valence-corrected chi connectivity index (χ1v) is 12.0. The van der Waals surface area contributed by atoms with E-state index in [2.05, 4.69) is 62.7 Å². The third kappa shape index (κ3) is 4.44. The van der Waals surface area contributed by atoms with Crippen molar-refractivity contribution in [2.45, 2.75) is 57.0 Å². The Labute approximate surface area is 189 Å². The van der Waals surface area contributed by atoms with Crippen LogP contribution in [0.1, 0.15) is 73.1 Å². The van der Waals surface area contributed by atoms with Crippen LogP contribution < -0.4 is 4.90 Å². The van der Waals surface area contributed by atoms with Crippen molar-refractivity contribution in [1.82, 2.24) is 20.2 Å². The number of likely N-dealkylation sites (tertiary alicyclic amines) is 1. The van der Waals surface area contributed by atoms with Crippen LogP contribution in [0.3, 0.4) is 0 Å². The third-order valence-corrected chi connectivity index (χ3v) is 7.32. The minimum absolute atomic E-state index is 0.0663. The Bertz CT molecular complexity index is 1060. The van der Waals surface area contributed by atoms with Crippen LogP contribution in [0.2, 0.25) is 0 Å². The summed E-state index contributed by atoms with van der Waals surface area (Å²) in [5.74, 6) is 1.68. The van der Waals surface area contributed by atoms with Gasteiger partial charge in [0.2, 0.25) is 5.82 Å². The number of nitriles is 1. The molecule has 0 radical (unpaired) electrons. The van der Waals surface area contributed by atoms with Crippen LogP contribution >= 0.6 is 0 Å². The van der Waals surface area contributed by atoms with Crippen molar-refractivity contribution in [3.8, 4) is 6.07 Å². The monoisotopic (exact) mass is 427 g/mol. The molecule has 0 spiro atoms. The summed E-state index contributed by atoms with van der Waals surface area (Å²) in [5.41, 5.74) is 3.28. The van der Waals surface area contributed by atoms with E-state index in [0.29, 0.717) is 11.6 Å². The van der Waals surface area contributed by atoms with Gasteiger partial charge in [0.15, 0.2) is 6.04 Å². The summed E-state index contributed by atoms with van der Waals surface area (Å²) in [6.45, 7) is 2.19. The smallest absolute Gasteiger partial charge is 0.214 e. The van der Waals surface area contributed by atoms with E-state index in [1.54, 1.807) is 0 Å². The molecule has 0 amide bonds. The maximum atomic E-state index is 9.48. The van der Waals surface area contributed by atoms with Crippen LogP contribution in [0.5, 0.6) is 0 Å². The van der Waals surface area contributed by atoms with Gasteiger partial charge in [-0.15, -0.1) is 5.10 Å². The van der Waals surface area contributed by atoms with Gasteiger partial charge >= 0.3 is 0 Å². The first-order valence-electron chi connectivity index (χ1n) is 12.0. The van der Waals surface area contributed by atoms with E-state index in [9.17, 15) is 5.26 Å². The lowest BCUT2D eigenvalue weighted by Gasteiger charge is -2.34. The molecule has 2 aliphatic rings. The van der Waals surface area contributed by atoms with Crippen molar-refractivity contribution in [3.05, 3.63) is 77.1 Å². The molecule has 3 aromatic rings. The summed E-state index contributed by atoms with van der Waals surface area (Å²) in [6, 6.07) is 21.7. The molecule has 2 aromatic carbocycles. The van der Waals surface area contributed by atoms with Gasteiger partial charge in [0.1, 0.15) is 0 Å². The van der Waals surface area contributed by atoms with Gasteiger partial charge in [0.25, 0.3) is 0 Å². The molecule has 0 bridgehead atoms. The number of piperidine rings is 1. The normalized spacial score (nSPS) is 22.5. The standard InChI is InChI=1S/C26H30N6/c27-19-22-9-6-10-23(18-22)25(26-28-29-30-32(26)24-11-4-5-12-24)31-15-13-21(14-16-31)17-20-7-2-1-3-8-20/h1-3,6-10,18,21,24-25H,4-5,11-17H2/p+1/t25-/m1/s1. The summed E-state index contributed by atoms with van der Waals surface area (Å²) < 4.78 is 2.10. The molecule has 1 saturated heterocycles. The fraction of sp³-hybridized carbons (Fsp3) is 0.462. The summed E-state index contributed by atoms with van der Waals surface area (Å²) in [4.78, 5) is 1.51. The lowest BCUT2D eigenvalue weighted by atomic mass is 9.88. The van der Waals surface area contributed by atoms with Crippen LogP contribution in [-0.4, -0.2) is 33.3 Å². The molecule has 1 aromatic heterocycles. The number of nitrogens with zero attached hydrogens (tertiary/aromatic N) is 5. The predicted molar refractivity (Wildman–Crippen MR) is 122 cm³/mol. The van der Waals surface area contributed by atoms with E-state index in [-0.39, 0.29) is 6.04 Å². The molecule has 32 heavy (non-hydrogen) atoms. The Morgan fingerprint density at radius 1 is 1.00 bits per heavy atom. The van der Waals surface area contributed by atoms with Gasteiger partial charge in [-0.25, -0.2) is 4.68 Å². The van der Waals surface area contributed by atoms with Gasteiger partial charge in [0.05, 0.1) is 30.8 Å². The summed E-state index contributed by atoms with van der Waals surface area (Å²) in [6.07, 6.45) is 8.34. The van der Waals surface area contributed by atoms with Crippen LogP contribution in [0, 0.1) is 17.2 Å².